The Morgan fingerprint density at radius 1 is 0.960 bits per heavy atom. The molecule has 1 fully saturated rings. The first kappa shape index (κ1) is 18.0. The van der Waals surface area contributed by atoms with Crippen molar-refractivity contribution >= 4 is 13.3 Å². The van der Waals surface area contributed by atoms with Gasteiger partial charge in [-0.3, -0.25) is 0 Å². The van der Waals surface area contributed by atoms with Gasteiger partial charge in [-0.05, 0) is 29.2 Å². The highest BCUT2D eigenvalue weighted by atomic mass is 28.3. The normalized spacial score (nSPS) is 23.2. The van der Waals surface area contributed by atoms with Gasteiger partial charge in [0.15, 0.2) is 0 Å². The zero-order chi connectivity index (χ0) is 17.7. The van der Waals surface area contributed by atoms with Crippen molar-refractivity contribution in [2.24, 2.45) is 5.92 Å². The minimum Gasteiger partial charge on any atom is -0.192 e. The average molecular weight is 348 g/mol. The molecule has 0 aliphatic carbocycles. The van der Waals surface area contributed by atoms with Crippen molar-refractivity contribution in [3.63, 3.8) is 0 Å². The molecular formula is C23H29NSi. The summed E-state index contributed by atoms with van der Waals surface area (Å²) in [4.78, 5) is 0. The summed E-state index contributed by atoms with van der Waals surface area (Å²) in [7, 11) is -1.28. The minimum atomic E-state index is -1.28. The van der Waals surface area contributed by atoms with Gasteiger partial charge in [-0.25, -0.2) is 0 Å². The van der Waals surface area contributed by atoms with E-state index in [0.29, 0.717) is 0 Å². The predicted octanol–water partition coefficient (Wildman–Crippen LogP) is 6.11. The molecule has 0 unspecified atom stereocenters. The fraction of sp³-hybridized carbons (Fsp3) is 0.435. The first-order valence-electron chi connectivity index (χ1n) is 9.76. The zero-order valence-electron chi connectivity index (χ0n) is 15.6. The number of benzene rings is 2. The van der Waals surface area contributed by atoms with Gasteiger partial charge in [-0.1, -0.05) is 99.2 Å². The van der Waals surface area contributed by atoms with Crippen molar-refractivity contribution in [1.82, 2.24) is 0 Å². The Kier molecular flexibility index (Phi) is 5.76. The first-order chi connectivity index (χ1) is 12.1. The van der Waals surface area contributed by atoms with Crippen LogP contribution in [0.4, 0.5) is 0 Å². The molecule has 25 heavy (non-hydrogen) atoms. The summed E-state index contributed by atoms with van der Waals surface area (Å²) in [6.07, 6.45) is 7.07. The number of nitrogens with zero attached hydrogens (tertiary/aromatic N) is 1. The number of rotatable bonds is 5. The summed E-state index contributed by atoms with van der Waals surface area (Å²) in [5.41, 5.74) is 3.17. The van der Waals surface area contributed by atoms with Gasteiger partial charge in [0.1, 0.15) is 0 Å². The van der Waals surface area contributed by atoms with Gasteiger partial charge in [0.25, 0.3) is 0 Å². The quantitative estimate of drug-likeness (QED) is 0.598. The van der Waals surface area contributed by atoms with E-state index in [-0.39, 0.29) is 0 Å². The van der Waals surface area contributed by atoms with Crippen LogP contribution in [0.3, 0.4) is 0 Å². The molecule has 2 aromatic carbocycles. The molecule has 1 saturated heterocycles. The lowest BCUT2D eigenvalue weighted by atomic mass is 9.96. The highest BCUT2D eigenvalue weighted by Gasteiger charge is 2.34. The van der Waals surface area contributed by atoms with Crippen LogP contribution < -0.4 is 5.19 Å². The molecule has 0 bridgehead atoms. The number of unbranched alkanes of at least 4 members (excludes halogenated alkanes) is 1. The molecule has 0 radical (unpaired) electrons. The molecule has 1 aliphatic rings. The molecule has 1 nitrogen and oxygen atoms in total. The van der Waals surface area contributed by atoms with Gasteiger partial charge in [-0.15, -0.1) is 0 Å². The van der Waals surface area contributed by atoms with Gasteiger partial charge in [0, 0.05) is 0 Å². The van der Waals surface area contributed by atoms with Crippen LogP contribution in [0.25, 0.3) is 11.1 Å². The van der Waals surface area contributed by atoms with Gasteiger partial charge < -0.3 is 0 Å². The molecule has 0 aromatic heterocycles. The van der Waals surface area contributed by atoms with Crippen LogP contribution in [0.15, 0.2) is 48.5 Å². The summed E-state index contributed by atoms with van der Waals surface area (Å²) in [5, 5.41) is 10.6. The van der Waals surface area contributed by atoms with Crippen molar-refractivity contribution < 1.29 is 0 Å². The Labute approximate surface area is 153 Å². The van der Waals surface area contributed by atoms with Crippen LogP contribution in [0, 0.1) is 17.2 Å². The van der Waals surface area contributed by atoms with E-state index < -0.39 is 8.07 Å². The van der Waals surface area contributed by atoms with E-state index >= 15 is 0 Å². The molecule has 0 atom stereocenters. The van der Waals surface area contributed by atoms with Crippen LogP contribution in [0.1, 0.15) is 44.6 Å². The second-order valence-electron chi connectivity index (χ2n) is 7.91. The monoisotopic (exact) mass is 347 g/mol. The van der Waals surface area contributed by atoms with E-state index in [2.05, 4.69) is 43.8 Å². The fourth-order valence-electron chi connectivity index (χ4n) is 4.19. The Hall–Kier alpha value is -1.85. The Balaban J connectivity index is 1.68. The largest absolute Gasteiger partial charge is 0.192 e. The van der Waals surface area contributed by atoms with Crippen molar-refractivity contribution in [2.75, 3.05) is 0 Å². The van der Waals surface area contributed by atoms with E-state index in [0.717, 1.165) is 11.5 Å². The van der Waals surface area contributed by atoms with Crippen molar-refractivity contribution in [3.05, 3.63) is 54.1 Å². The smallest absolute Gasteiger partial charge is 0.0991 e. The standard InChI is InChI=1S/C23H29NSi/c1-3-4-5-19-14-16-25(2,17-15-19)23-12-10-22(11-13-23)21-8-6-20(18-24)7-9-21/h6-13,19H,3-5,14-17H2,1-2H3/t19-,25-. The van der Waals surface area contributed by atoms with Gasteiger partial charge in [0.05, 0.1) is 19.7 Å². The topological polar surface area (TPSA) is 23.8 Å². The molecule has 0 amide bonds. The third kappa shape index (κ3) is 4.22. The molecule has 3 rings (SSSR count). The average Bonchev–Trinajstić information content (AvgIpc) is 2.68. The molecule has 1 aliphatic heterocycles. The van der Waals surface area contributed by atoms with Crippen molar-refractivity contribution in [1.29, 1.82) is 5.26 Å². The lowest BCUT2D eigenvalue weighted by molar-refractivity contribution is 0.420. The lowest BCUT2D eigenvalue weighted by Gasteiger charge is -2.36. The van der Waals surface area contributed by atoms with E-state index in [9.17, 15) is 0 Å². The molecule has 0 N–H and O–H groups in total. The molecule has 0 saturated carbocycles. The van der Waals surface area contributed by atoms with E-state index in [1.807, 2.05) is 24.3 Å². The maximum atomic E-state index is 8.93. The Morgan fingerprint density at radius 2 is 1.52 bits per heavy atom. The zero-order valence-corrected chi connectivity index (χ0v) is 16.6. The van der Waals surface area contributed by atoms with Crippen LogP contribution in [-0.2, 0) is 0 Å². The lowest BCUT2D eigenvalue weighted by Crippen LogP contribution is -2.47. The van der Waals surface area contributed by atoms with Gasteiger partial charge in [0.2, 0.25) is 0 Å². The summed E-state index contributed by atoms with van der Waals surface area (Å²) in [5.74, 6) is 0.985. The van der Waals surface area contributed by atoms with Crippen molar-refractivity contribution in [3.8, 4) is 17.2 Å². The summed E-state index contributed by atoms with van der Waals surface area (Å²) in [6.45, 7) is 4.89. The maximum Gasteiger partial charge on any atom is 0.0991 e. The Morgan fingerprint density at radius 3 is 2.04 bits per heavy atom. The fourth-order valence-corrected chi connectivity index (χ4v) is 8.08. The minimum absolute atomic E-state index is 0.722. The third-order valence-electron chi connectivity index (χ3n) is 6.10. The van der Waals surface area contributed by atoms with Crippen LogP contribution in [0.5, 0.6) is 0 Å². The molecule has 130 valence electrons. The Bertz CT molecular complexity index is 716. The molecule has 0 spiro atoms. The highest BCUT2D eigenvalue weighted by Crippen LogP contribution is 2.35. The van der Waals surface area contributed by atoms with Gasteiger partial charge >= 0.3 is 0 Å². The van der Waals surface area contributed by atoms with E-state index in [1.165, 1.54) is 55.3 Å². The van der Waals surface area contributed by atoms with Crippen LogP contribution in [0.2, 0.25) is 18.6 Å². The number of nitriles is 1. The third-order valence-corrected chi connectivity index (χ3v) is 10.6. The molecule has 2 heteroatoms. The highest BCUT2D eigenvalue weighted by molar-refractivity contribution is 6.91. The van der Waals surface area contributed by atoms with Gasteiger partial charge in [-0.2, -0.15) is 5.26 Å². The predicted molar refractivity (Wildman–Crippen MR) is 110 cm³/mol. The number of hydrogen-bond acceptors (Lipinski definition) is 1. The SMILES string of the molecule is CCCC[C@H]1CC[Si@](C)(c2ccc(-c3ccc(C#N)cc3)cc2)CC1. The van der Waals surface area contributed by atoms with E-state index in [1.54, 1.807) is 5.19 Å². The van der Waals surface area contributed by atoms with Crippen LogP contribution in [-0.4, -0.2) is 8.07 Å². The first-order valence-corrected chi connectivity index (χ1v) is 12.7. The summed E-state index contributed by atoms with van der Waals surface area (Å²) >= 11 is 0. The van der Waals surface area contributed by atoms with E-state index in [4.69, 9.17) is 5.26 Å². The second kappa shape index (κ2) is 8.02. The molecular weight excluding hydrogens is 318 g/mol. The summed E-state index contributed by atoms with van der Waals surface area (Å²) in [6, 6.07) is 22.3. The summed E-state index contributed by atoms with van der Waals surface area (Å²) < 4.78 is 0. The molecule has 2 aromatic rings. The number of hydrogen-bond donors (Lipinski definition) is 0. The second-order valence-corrected chi connectivity index (χ2v) is 12.6. The van der Waals surface area contributed by atoms with Crippen LogP contribution >= 0.6 is 0 Å². The maximum absolute atomic E-state index is 8.93. The molecule has 1 heterocycles. The van der Waals surface area contributed by atoms with Crippen molar-refractivity contribution in [2.45, 2.75) is 57.7 Å².